The van der Waals surface area contributed by atoms with Crippen LogP contribution >= 0.6 is 0 Å². The molecule has 0 aromatic rings. The Morgan fingerprint density at radius 1 is 1.28 bits per heavy atom. The lowest BCUT2D eigenvalue weighted by atomic mass is 9.96. The Kier molecular flexibility index (Phi) is 8.01. The second kappa shape index (κ2) is 9.34. The van der Waals surface area contributed by atoms with Crippen LogP contribution in [0.15, 0.2) is 0 Å². The average Bonchev–Trinajstić information content (AvgIpc) is 2.37. The first-order chi connectivity index (χ1) is 8.72. The fourth-order valence-corrected chi connectivity index (χ4v) is 2.43. The minimum absolute atomic E-state index is 0.0967. The van der Waals surface area contributed by atoms with Gasteiger partial charge in [0.2, 0.25) is 5.91 Å². The van der Waals surface area contributed by atoms with Crippen LogP contribution in [0.25, 0.3) is 0 Å². The molecular weight excluding hydrogens is 226 g/mol. The van der Waals surface area contributed by atoms with Crippen LogP contribution < -0.4 is 10.6 Å². The molecule has 18 heavy (non-hydrogen) atoms. The molecule has 1 saturated heterocycles. The number of carbonyl (C=O) groups is 1. The molecule has 1 amide bonds. The van der Waals surface area contributed by atoms with Crippen LogP contribution in [0.2, 0.25) is 0 Å². The van der Waals surface area contributed by atoms with Gasteiger partial charge in [0.15, 0.2) is 0 Å². The zero-order chi connectivity index (χ0) is 13.2. The topological polar surface area (TPSA) is 44.4 Å². The molecule has 1 fully saturated rings. The van der Waals surface area contributed by atoms with E-state index in [0.29, 0.717) is 5.92 Å². The quantitative estimate of drug-likeness (QED) is 0.641. The van der Waals surface area contributed by atoms with Gasteiger partial charge in [-0.1, -0.05) is 6.92 Å². The summed E-state index contributed by atoms with van der Waals surface area (Å²) in [6.45, 7) is 10.5. The van der Waals surface area contributed by atoms with Crippen molar-refractivity contribution >= 4 is 5.91 Å². The summed E-state index contributed by atoms with van der Waals surface area (Å²) in [6.07, 6.45) is 4.91. The molecule has 106 valence electrons. The number of hydrogen-bond acceptors (Lipinski definition) is 3. The van der Waals surface area contributed by atoms with Crippen LogP contribution in [-0.4, -0.2) is 50.1 Å². The van der Waals surface area contributed by atoms with Crippen molar-refractivity contribution in [2.24, 2.45) is 5.92 Å². The fourth-order valence-electron chi connectivity index (χ4n) is 2.43. The predicted octanol–water partition coefficient (Wildman–Crippen LogP) is 1.22. The molecule has 0 aromatic carbocycles. The Bertz CT molecular complexity index is 225. The lowest BCUT2D eigenvalue weighted by Gasteiger charge is -2.31. The van der Waals surface area contributed by atoms with Gasteiger partial charge in [0.05, 0.1) is 0 Å². The monoisotopic (exact) mass is 255 g/mol. The second-order valence-electron chi connectivity index (χ2n) is 5.33. The molecule has 4 nitrogen and oxygen atoms in total. The zero-order valence-corrected chi connectivity index (χ0v) is 12.0. The maximum absolute atomic E-state index is 10.8. The first-order valence-electron chi connectivity index (χ1n) is 7.40. The minimum Gasteiger partial charge on any atom is -0.356 e. The van der Waals surface area contributed by atoms with E-state index in [-0.39, 0.29) is 5.91 Å². The van der Waals surface area contributed by atoms with E-state index in [9.17, 15) is 4.79 Å². The van der Waals surface area contributed by atoms with Crippen molar-refractivity contribution in [3.8, 4) is 0 Å². The molecule has 0 spiro atoms. The molecule has 2 N–H and O–H groups in total. The number of nitrogens with zero attached hydrogens (tertiary/aromatic N) is 1. The molecule has 0 aliphatic carbocycles. The van der Waals surface area contributed by atoms with E-state index in [1.165, 1.54) is 45.3 Å². The highest BCUT2D eigenvalue weighted by Gasteiger charge is 2.18. The van der Waals surface area contributed by atoms with E-state index in [4.69, 9.17) is 0 Å². The van der Waals surface area contributed by atoms with Gasteiger partial charge in [0.1, 0.15) is 0 Å². The molecule has 4 heteroatoms. The molecule has 0 aromatic heterocycles. The van der Waals surface area contributed by atoms with Gasteiger partial charge in [-0.3, -0.25) is 4.79 Å². The van der Waals surface area contributed by atoms with Crippen LogP contribution in [0, 0.1) is 5.92 Å². The van der Waals surface area contributed by atoms with Crippen molar-refractivity contribution in [3.05, 3.63) is 0 Å². The van der Waals surface area contributed by atoms with Gasteiger partial charge in [-0.15, -0.1) is 0 Å². The fraction of sp³-hybridized carbons (Fsp3) is 0.929. The Morgan fingerprint density at radius 2 is 2.00 bits per heavy atom. The van der Waals surface area contributed by atoms with E-state index >= 15 is 0 Å². The summed E-state index contributed by atoms with van der Waals surface area (Å²) >= 11 is 0. The van der Waals surface area contributed by atoms with Crippen molar-refractivity contribution in [2.75, 3.05) is 39.3 Å². The number of likely N-dealkylation sites (tertiary alicyclic amines) is 1. The molecule has 0 saturated carbocycles. The Hall–Kier alpha value is -0.610. The minimum atomic E-state index is 0.0967. The van der Waals surface area contributed by atoms with Gasteiger partial charge in [0, 0.05) is 13.5 Å². The summed E-state index contributed by atoms with van der Waals surface area (Å²) in [7, 11) is 0. The maximum Gasteiger partial charge on any atom is 0.216 e. The molecule has 0 radical (unpaired) electrons. The largest absolute Gasteiger partial charge is 0.356 e. The van der Waals surface area contributed by atoms with Gasteiger partial charge in [-0.2, -0.15) is 0 Å². The molecule has 0 unspecified atom stereocenters. The van der Waals surface area contributed by atoms with Gasteiger partial charge in [-0.05, 0) is 64.3 Å². The van der Waals surface area contributed by atoms with Gasteiger partial charge >= 0.3 is 0 Å². The summed E-state index contributed by atoms with van der Waals surface area (Å²) in [4.78, 5) is 13.4. The third kappa shape index (κ3) is 6.97. The van der Waals surface area contributed by atoms with E-state index in [2.05, 4.69) is 22.5 Å². The third-order valence-corrected chi connectivity index (χ3v) is 3.60. The van der Waals surface area contributed by atoms with Crippen LogP contribution in [0.5, 0.6) is 0 Å². The van der Waals surface area contributed by atoms with Crippen molar-refractivity contribution in [3.63, 3.8) is 0 Å². The molecule has 1 rings (SSSR count). The number of amides is 1. The third-order valence-electron chi connectivity index (χ3n) is 3.60. The standard InChI is InChI=1S/C14H29N3O/c1-3-7-15-8-4-9-17-10-5-14(6-11-17)12-16-13(2)18/h14-15H,3-12H2,1-2H3,(H,16,18). The number of hydrogen-bond donors (Lipinski definition) is 2. The Balaban J connectivity index is 1.99. The van der Waals surface area contributed by atoms with Gasteiger partial charge < -0.3 is 15.5 Å². The van der Waals surface area contributed by atoms with Crippen LogP contribution in [-0.2, 0) is 4.79 Å². The van der Waals surface area contributed by atoms with E-state index in [0.717, 1.165) is 19.6 Å². The number of nitrogens with one attached hydrogen (secondary N) is 2. The normalized spacial score (nSPS) is 17.9. The van der Waals surface area contributed by atoms with Crippen molar-refractivity contribution in [2.45, 2.75) is 39.5 Å². The smallest absolute Gasteiger partial charge is 0.216 e. The molecule has 1 aliphatic heterocycles. The summed E-state index contributed by atoms with van der Waals surface area (Å²) < 4.78 is 0. The highest BCUT2D eigenvalue weighted by Crippen LogP contribution is 2.16. The summed E-state index contributed by atoms with van der Waals surface area (Å²) in [6, 6.07) is 0. The average molecular weight is 255 g/mol. The first kappa shape index (κ1) is 15.4. The Morgan fingerprint density at radius 3 is 2.61 bits per heavy atom. The molecular formula is C14H29N3O. The van der Waals surface area contributed by atoms with E-state index < -0.39 is 0 Å². The molecule has 0 atom stereocenters. The number of carbonyl (C=O) groups excluding carboxylic acids is 1. The second-order valence-corrected chi connectivity index (χ2v) is 5.33. The lowest BCUT2D eigenvalue weighted by molar-refractivity contribution is -0.119. The maximum atomic E-state index is 10.8. The number of rotatable bonds is 8. The van der Waals surface area contributed by atoms with Crippen LogP contribution in [0.1, 0.15) is 39.5 Å². The molecule has 1 heterocycles. The van der Waals surface area contributed by atoms with Crippen LogP contribution in [0.4, 0.5) is 0 Å². The van der Waals surface area contributed by atoms with Crippen molar-refractivity contribution < 1.29 is 4.79 Å². The van der Waals surface area contributed by atoms with Crippen molar-refractivity contribution in [1.29, 1.82) is 0 Å². The van der Waals surface area contributed by atoms with Crippen molar-refractivity contribution in [1.82, 2.24) is 15.5 Å². The van der Waals surface area contributed by atoms with Crippen LogP contribution in [0.3, 0.4) is 0 Å². The SMILES string of the molecule is CCCNCCCN1CCC(CNC(C)=O)CC1. The molecule has 0 bridgehead atoms. The van der Waals surface area contributed by atoms with Gasteiger partial charge in [0.25, 0.3) is 0 Å². The lowest BCUT2D eigenvalue weighted by Crippen LogP contribution is -2.39. The molecule has 1 aliphatic rings. The summed E-state index contributed by atoms with van der Waals surface area (Å²) in [5.74, 6) is 0.780. The Labute approximate surface area is 111 Å². The highest BCUT2D eigenvalue weighted by molar-refractivity contribution is 5.72. The summed E-state index contributed by atoms with van der Waals surface area (Å²) in [5, 5.41) is 6.37. The zero-order valence-electron chi connectivity index (χ0n) is 12.0. The predicted molar refractivity (Wildman–Crippen MR) is 75.6 cm³/mol. The van der Waals surface area contributed by atoms with E-state index in [1.807, 2.05) is 0 Å². The first-order valence-corrected chi connectivity index (χ1v) is 7.40. The highest BCUT2D eigenvalue weighted by atomic mass is 16.1. The summed E-state index contributed by atoms with van der Waals surface area (Å²) in [5.41, 5.74) is 0. The van der Waals surface area contributed by atoms with E-state index in [1.54, 1.807) is 6.92 Å². The van der Waals surface area contributed by atoms with Gasteiger partial charge in [-0.25, -0.2) is 0 Å². The number of piperidine rings is 1.